The molecule has 2 fully saturated rings. The molecular formula is C20H24ClN5OS. The van der Waals surface area contributed by atoms with Gasteiger partial charge in [0, 0.05) is 62.2 Å². The summed E-state index contributed by atoms with van der Waals surface area (Å²) in [6.45, 7) is 5.61. The van der Waals surface area contributed by atoms with Crippen LogP contribution in [-0.4, -0.2) is 59.2 Å². The van der Waals surface area contributed by atoms with E-state index in [1.54, 1.807) is 0 Å². The third-order valence-electron chi connectivity index (χ3n) is 5.82. The molecule has 0 radical (unpaired) electrons. The molecule has 2 aromatic rings. The Balaban J connectivity index is 1.38. The standard InChI is InChI=1S/C20H24ClN5OS/c21-15-3-5-16(6-4-15)24-10-12-26(13-11-24)20-22-17-7-14-28(27)18(17)19(23-20)25-8-1-2-9-25/h3-6H,1-2,7-14H2. The van der Waals surface area contributed by atoms with E-state index in [0.29, 0.717) is 5.75 Å². The van der Waals surface area contributed by atoms with Gasteiger partial charge in [0.25, 0.3) is 0 Å². The highest BCUT2D eigenvalue weighted by molar-refractivity contribution is 7.85. The van der Waals surface area contributed by atoms with E-state index < -0.39 is 10.8 Å². The third kappa shape index (κ3) is 3.35. The Labute approximate surface area is 173 Å². The summed E-state index contributed by atoms with van der Waals surface area (Å²) >= 11 is 6.01. The number of anilines is 3. The number of fused-ring (bicyclic) bond motifs is 1. The molecule has 4 heterocycles. The predicted octanol–water partition coefficient (Wildman–Crippen LogP) is 2.72. The Morgan fingerprint density at radius 3 is 2.25 bits per heavy atom. The Kier molecular flexibility index (Phi) is 4.88. The highest BCUT2D eigenvalue weighted by Crippen LogP contribution is 2.34. The molecule has 0 spiro atoms. The zero-order valence-electron chi connectivity index (χ0n) is 15.8. The smallest absolute Gasteiger partial charge is 0.227 e. The van der Waals surface area contributed by atoms with Crippen LogP contribution in [0.4, 0.5) is 17.5 Å². The molecule has 5 rings (SSSR count). The fourth-order valence-corrected chi connectivity index (χ4v) is 5.76. The number of nitrogens with zero attached hydrogens (tertiary/aromatic N) is 5. The van der Waals surface area contributed by atoms with Gasteiger partial charge < -0.3 is 14.7 Å². The number of piperazine rings is 1. The molecule has 1 unspecified atom stereocenters. The summed E-state index contributed by atoms with van der Waals surface area (Å²) in [6.07, 6.45) is 3.16. The van der Waals surface area contributed by atoms with Crippen LogP contribution in [0.2, 0.25) is 5.02 Å². The van der Waals surface area contributed by atoms with Gasteiger partial charge in [-0.2, -0.15) is 4.98 Å². The largest absolute Gasteiger partial charge is 0.368 e. The van der Waals surface area contributed by atoms with E-state index in [4.69, 9.17) is 21.6 Å². The topological polar surface area (TPSA) is 52.6 Å². The molecule has 8 heteroatoms. The summed E-state index contributed by atoms with van der Waals surface area (Å²) in [7, 11) is -0.955. The molecular weight excluding hydrogens is 394 g/mol. The molecule has 6 nitrogen and oxygen atoms in total. The molecule has 0 amide bonds. The molecule has 3 aliphatic heterocycles. The van der Waals surface area contributed by atoms with E-state index in [0.717, 1.165) is 73.1 Å². The van der Waals surface area contributed by atoms with Crippen LogP contribution in [0.3, 0.4) is 0 Å². The monoisotopic (exact) mass is 417 g/mol. The van der Waals surface area contributed by atoms with E-state index in [1.807, 2.05) is 12.1 Å². The van der Waals surface area contributed by atoms with Crippen molar-refractivity contribution in [2.45, 2.75) is 24.2 Å². The van der Waals surface area contributed by atoms with Crippen molar-refractivity contribution in [2.24, 2.45) is 0 Å². The van der Waals surface area contributed by atoms with Crippen molar-refractivity contribution in [1.29, 1.82) is 0 Å². The molecule has 0 aliphatic carbocycles. The first-order chi connectivity index (χ1) is 13.7. The maximum atomic E-state index is 12.5. The number of benzene rings is 1. The number of rotatable bonds is 3. The summed E-state index contributed by atoms with van der Waals surface area (Å²) in [5.74, 6) is 2.40. The van der Waals surface area contributed by atoms with Gasteiger partial charge in [-0.1, -0.05) is 11.6 Å². The number of aromatic nitrogens is 2. The lowest BCUT2D eigenvalue weighted by Gasteiger charge is -2.36. The highest BCUT2D eigenvalue weighted by Gasteiger charge is 2.31. The first-order valence-corrected chi connectivity index (χ1v) is 11.7. The fraction of sp³-hybridized carbons (Fsp3) is 0.500. The van der Waals surface area contributed by atoms with Gasteiger partial charge >= 0.3 is 0 Å². The molecule has 28 heavy (non-hydrogen) atoms. The van der Waals surface area contributed by atoms with E-state index in [-0.39, 0.29) is 0 Å². The summed E-state index contributed by atoms with van der Waals surface area (Å²) < 4.78 is 12.5. The molecule has 0 saturated carbocycles. The third-order valence-corrected chi connectivity index (χ3v) is 7.52. The lowest BCUT2D eigenvalue weighted by Crippen LogP contribution is -2.47. The summed E-state index contributed by atoms with van der Waals surface area (Å²) in [4.78, 5) is 17.6. The van der Waals surface area contributed by atoms with Crippen LogP contribution < -0.4 is 14.7 Å². The summed E-state index contributed by atoms with van der Waals surface area (Å²) in [5, 5.41) is 0.765. The van der Waals surface area contributed by atoms with Crippen LogP contribution in [0.15, 0.2) is 29.2 Å². The van der Waals surface area contributed by atoms with Crippen LogP contribution in [0, 0.1) is 0 Å². The van der Waals surface area contributed by atoms with Crippen molar-refractivity contribution in [3.63, 3.8) is 0 Å². The Morgan fingerprint density at radius 1 is 0.857 bits per heavy atom. The number of aryl methyl sites for hydroxylation is 1. The van der Waals surface area contributed by atoms with Crippen molar-refractivity contribution in [3.05, 3.63) is 35.0 Å². The van der Waals surface area contributed by atoms with Crippen LogP contribution >= 0.6 is 11.6 Å². The van der Waals surface area contributed by atoms with Gasteiger partial charge in [-0.05, 0) is 37.1 Å². The Hall–Kier alpha value is -1.86. The number of hydrogen-bond donors (Lipinski definition) is 0. The van der Waals surface area contributed by atoms with Crippen LogP contribution in [-0.2, 0) is 17.2 Å². The van der Waals surface area contributed by atoms with Crippen molar-refractivity contribution < 1.29 is 4.21 Å². The SMILES string of the molecule is O=S1CCc2nc(N3CCN(c4ccc(Cl)cc4)CC3)nc(N3CCCC3)c21. The van der Waals surface area contributed by atoms with Crippen molar-refractivity contribution in [1.82, 2.24) is 9.97 Å². The summed E-state index contributed by atoms with van der Waals surface area (Å²) in [6, 6.07) is 8.03. The van der Waals surface area contributed by atoms with E-state index >= 15 is 0 Å². The molecule has 1 aromatic heterocycles. The van der Waals surface area contributed by atoms with Gasteiger partial charge in [-0.3, -0.25) is 4.21 Å². The van der Waals surface area contributed by atoms with Gasteiger partial charge in [0.2, 0.25) is 5.95 Å². The maximum absolute atomic E-state index is 12.5. The first-order valence-electron chi connectivity index (χ1n) is 9.99. The fourth-order valence-electron chi connectivity index (χ4n) is 4.27. The normalized spacial score (nSPS) is 22.0. The highest BCUT2D eigenvalue weighted by atomic mass is 35.5. The van der Waals surface area contributed by atoms with Crippen molar-refractivity contribution in [2.75, 3.05) is 59.7 Å². The lowest BCUT2D eigenvalue weighted by atomic mass is 10.2. The van der Waals surface area contributed by atoms with Gasteiger partial charge in [-0.15, -0.1) is 0 Å². The number of hydrogen-bond acceptors (Lipinski definition) is 6. The molecule has 3 aliphatic rings. The molecule has 148 valence electrons. The van der Waals surface area contributed by atoms with Gasteiger partial charge in [-0.25, -0.2) is 4.98 Å². The van der Waals surface area contributed by atoms with Gasteiger partial charge in [0.15, 0.2) is 5.82 Å². The zero-order chi connectivity index (χ0) is 19.1. The minimum atomic E-state index is -0.955. The van der Waals surface area contributed by atoms with E-state index in [9.17, 15) is 4.21 Å². The molecule has 0 bridgehead atoms. The van der Waals surface area contributed by atoms with Gasteiger partial charge in [0.1, 0.15) is 4.90 Å². The van der Waals surface area contributed by atoms with Crippen molar-refractivity contribution in [3.8, 4) is 0 Å². The molecule has 1 atom stereocenters. The second kappa shape index (κ2) is 7.52. The van der Waals surface area contributed by atoms with Crippen LogP contribution in [0.5, 0.6) is 0 Å². The minimum Gasteiger partial charge on any atom is -0.368 e. The minimum absolute atomic E-state index is 0.679. The Bertz CT molecular complexity index is 892. The molecule has 0 N–H and O–H groups in total. The van der Waals surface area contributed by atoms with E-state index in [2.05, 4.69) is 26.8 Å². The second-order valence-corrected chi connectivity index (χ2v) is 9.51. The second-order valence-electron chi connectivity index (χ2n) is 7.57. The molecule has 2 saturated heterocycles. The first kappa shape index (κ1) is 18.2. The zero-order valence-corrected chi connectivity index (χ0v) is 17.4. The molecule has 1 aromatic carbocycles. The van der Waals surface area contributed by atoms with Crippen LogP contribution in [0.25, 0.3) is 0 Å². The predicted molar refractivity (Wildman–Crippen MR) is 114 cm³/mol. The van der Waals surface area contributed by atoms with E-state index in [1.165, 1.54) is 18.5 Å². The van der Waals surface area contributed by atoms with Crippen molar-refractivity contribution >= 4 is 39.9 Å². The summed E-state index contributed by atoms with van der Waals surface area (Å²) in [5.41, 5.74) is 2.19. The number of halogens is 1. The maximum Gasteiger partial charge on any atom is 0.227 e. The average molecular weight is 418 g/mol. The average Bonchev–Trinajstić information content (AvgIpc) is 3.39. The quantitative estimate of drug-likeness (QED) is 0.765. The van der Waals surface area contributed by atoms with Gasteiger partial charge in [0.05, 0.1) is 16.5 Å². The Morgan fingerprint density at radius 2 is 1.54 bits per heavy atom. The van der Waals surface area contributed by atoms with Crippen LogP contribution in [0.1, 0.15) is 18.5 Å². The lowest BCUT2D eigenvalue weighted by molar-refractivity contribution is 0.636.